The first-order valence-electron chi connectivity index (χ1n) is 6.70. The molecule has 0 aromatic heterocycles. The summed E-state index contributed by atoms with van der Waals surface area (Å²) < 4.78 is 0. The second kappa shape index (κ2) is 7.30. The quantitative estimate of drug-likeness (QED) is 0.516. The fourth-order valence-electron chi connectivity index (χ4n) is 1.96. The molecule has 0 radical (unpaired) electrons. The first-order chi connectivity index (χ1) is 8.99. The third-order valence-electron chi connectivity index (χ3n) is 3.40. The number of hydrogen-bond acceptors (Lipinski definition) is 3. The van der Waals surface area contributed by atoms with Crippen molar-refractivity contribution >= 4 is 0 Å². The number of aliphatic hydroxyl groups excluding tert-OH is 1. The van der Waals surface area contributed by atoms with E-state index in [2.05, 4.69) is 12.0 Å². The Morgan fingerprint density at radius 2 is 2.00 bits per heavy atom. The van der Waals surface area contributed by atoms with Crippen LogP contribution < -0.4 is 5.73 Å². The normalized spacial score (nSPS) is 15.5. The lowest BCUT2D eigenvalue weighted by atomic mass is 9.92. The fraction of sp³-hybridized carbons (Fsp3) is 0.500. The van der Waals surface area contributed by atoms with E-state index in [4.69, 9.17) is 17.3 Å². The average molecular weight is 261 g/mol. The third-order valence-corrected chi connectivity index (χ3v) is 3.40. The van der Waals surface area contributed by atoms with Gasteiger partial charge in [-0.2, -0.15) is 0 Å². The molecule has 0 aliphatic rings. The largest absolute Gasteiger partial charge is 0.379 e. The molecule has 3 heteroatoms. The molecule has 0 fully saturated rings. The van der Waals surface area contributed by atoms with Crippen LogP contribution in [0.4, 0.5) is 0 Å². The van der Waals surface area contributed by atoms with Crippen LogP contribution in [0, 0.1) is 12.3 Å². The first kappa shape index (κ1) is 15.7. The minimum absolute atomic E-state index is 0.548. The Bertz CT molecular complexity index is 437. The maximum absolute atomic E-state index is 10.0. The van der Waals surface area contributed by atoms with E-state index >= 15 is 0 Å². The lowest BCUT2D eigenvalue weighted by Gasteiger charge is -2.20. The molecule has 4 N–H and O–H groups in total. The van der Waals surface area contributed by atoms with Crippen LogP contribution in [0.3, 0.4) is 0 Å². The highest BCUT2D eigenvalue weighted by Crippen LogP contribution is 2.18. The van der Waals surface area contributed by atoms with Gasteiger partial charge in [-0.15, -0.1) is 6.42 Å². The van der Waals surface area contributed by atoms with Gasteiger partial charge in [0.25, 0.3) is 0 Å². The van der Waals surface area contributed by atoms with E-state index in [0.29, 0.717) is 19.3 Å². The molecule has 0 saturated heterocycles. The minimum atomic E-state index is -1.01. The number of aliphatic hydroxyl groups is 2. The Hall–Kier alpha value is -1.34. The monoisotopic (exact) mass is 261 g/mol. The van der Waals surface area contributed by atoms with Crippen LogP contribution >= 0.6 is 0 Å². The zero-order valence-corrected chi connectivity index (χ0v) is 11.5. The summed E-state index contributed by atoms with van der Waals surface area (Å²) in [5, 5.41) is 19.1. The van der Waals surface area contributed by atoms with Crippen LogP contribution in [0.25, 0.3) is 0 Å². The predicted octanol–water partition coefficient (Wildman–Crippen LogP) is 1.60. The van der Waals surface area contributed by atoms with Crippen molar-refractivity contribution in [1.82, 2.24) is 0 Å². The van der Waals surface area contributed by atoms with Gasteiger partial charge >= 0.3 is 0 Å². The Morgan fingerprint density at radius 3 is 2.53 bits per heavy atom. The minimum Gasteiger partial charge on any atom is -0.379 e. The molecule has 0 aliphatic carbocycles. The van der Waals surface area contributed by atoms with Gasteiger partial charge < -0.3 is 15.9 Å². The summed E-state index contributed by atoms with van der Waals surface area (Å²) in [6.45, 7) is 1.89. The summed E-state index contributed by atoms with van der Waals surface area (Å²) in [5.41, 5.74) is 6.61. The Kier molecular flexibility index (Phi) is 6.04. The van der Waals surface area contributed by atoms with Gasteiger partial charge in [0.15, 0.2) is 0 Å². The summed E-state index contributed by atoms with van der Waals surface area (Å²) in [4.78, 5) is 0. The van der Waals surface area contributed by atoms with Crippen LogP contribution in [-0.2, 0) is 12.8 Å². The third kappa shape index (κ3) is 5.44. The van der Waals surface area contributed by atoms with Gasteiger partial charge in [0.05, 0.1) is 0 Å². The van der Waals surface area contributed by atoms with Crippen LogP contribution in [0.15, 0.2) is 24.3 Å². The number of aryl methyl sites for hydroxylation is 2. The van der Waals surface area contributed by atoms with Crippen molar-refractivity contribution in [3.8, 4) is 12.3 Å². The topological polar surface area (TPSA) is 66.5 Å². The van der Waals surface area contributed by atoms with Crippen molar-refractivity contribution in [3.63, 3.8) is 0 Å². The molecule has 1 aromatic carbocycles. The molecule has 0 spiro atoms. The number of rotatable bonds is 7. The zero-order chi connectivity index (χ0) is 14.3. The molecule has 104 valence electrons. The van der Waals surface area contributed by atoms with Gasteiger partial charge in [-0.1, -0.05) is 37.1 Å². The van der Waals surface area contributed by atoms with Gasteiger partial charge in [0.1, 0.15) is 11.8 Å². The standard InChI is InChI=1S/C16H23NO2/c1-3-16(19,4-2)11-10-14-7-5-6-13(12-14)8-9-15(17)18/h1,5-7,12,15,18-19H,4,8-11,17H2,2H3. The maximum atomic E-state index is 10.0. The Balaban J connectivity index is 2.60. The molecule has 0 heterocycles. The summed E-state index contributed by atoms with van der Waals surface area (Å²) in [5.74, 6) is 2.46. The highest BCUT2D eigenvalue weighted by molar-refractivity contribution is 5.24. The maximum Gasteiger partial charge on any atom is 0.125 e. The number of terminal acetylenes is 1. The van der Waals surface area contributed by atoms with E-state index < -0.39 is 11.8 Å². The summed E-state index contributed by atoms with van der Waals surface area (Å²) in [6, 6.07) is 8.09. The molecule has 3 nitrogen and oxygen atoms in total. The molecule has 0 amide bonds. The lowest BCUT2D eigenvalue weighted by Crippen LogP contribution is -2.25. The van der Waals surface area contributed by atoms with Crippen molar-refractivity contribution in [1.29, 1.82) is 0 Å². The van der Waals surface area contributed by atoms with Crippen LogP contribution in [0.1, 0.15) is 37.3 Å². The molecule has 2 atom stereocenters. The highest BCUT2D eigenvalue weighted by Gasteiger charge is 2.20. The highest BCUT2D eigenvalue weighted by atomic mass is 16.3. The lowest BCUT2D eigenvalue weighted by molar-refractivity contribution is 0.0881. The van der Waals surface area contributed by atoms with Crippen LogP contribution in [0.5, 0.6) is 0 Å². The predicted molar refractivity (Wildman–Crippen MR) is 77.4 cm³/mol. The molecule has 0 aliphatic heterocycles. The van der Waals surface area contributed by atoms with Crippen LogP contribution in [0.2, 0.25) is 0 Å². The van der Waals surface area contributed by atoms with Crippen molar-refractivity contribution in [2.24, 2.45) is 5.73 Å². The molecule has 0 bridgehead atoms. The average Bonchev–Trinajstić information content (AvgIpc) is 2.43. The van der Waals surface area contributed by atoms with E-state index in [9.17, 15) is 5.11 Å². The second-order valence-corrected chi connectivity index (χ2v) is 4.96. The van der Waals surface area contributed by atoms with E-state index in [-0.39, 0.29) is 0 Å². The Morgan fingerprint density at radius 1 is 1.37 bits per heavy atom. The molecule has 19 heavy (non-hydrogen) atoms. The van der Waals surface area contributed by atoms with Crippen molar-refractivity contribution in [3.05, 3.63) is 35.4 Å². The van der Waals surface area contributed by atoms with Gasteiger partial charge in [-0.3, -0.25) is 0 Å². The van der Waals surface area contributed by atoms with Crippen molar-refractivity contribution in [2.75, 3.05) is 0 Å². The van der Waals surface area contributed by atoms with Gasteiger partial charge in [-0.25, -0.2) is 0 Å². The van der Waals surface area contributed by atoms with E-state index in [1.807, 2.05) is 25.1 Å². The van der Waals surface area contributed by atoms with Gasteiger partial charge in [0.2, 0.25) is 0 Å². The summed E-state index contributed by atoms with van der Waals surface area (Å²) in [6.07, 6.45) is 7.74. The summed E-state index contributed by atoms with van der Waals surface area (Å²) >= 11 is 0. The molecular formula is C16H23NO2. The second-order valence-electron chi connectivity index (χ2n) is 4.96. The van der Waals surface area contributed by atoms with E-state index in [1.165, 1.54) is 0 Å². The zero-order valence-electron chi connectivity index (χ0n) is 11.5. The smallest absolute Gasteiger partial charge is 0.125 e. The molecular weight excluding hydrogens is 238 g/mol. The van der Waals surface area contributed by atoms with Gasteiger partial charge in [0, 0.05) is 0 Å². The molecule has 0 saturated carbocycles. The van der Waals surface area contributed by atoms with Crippen molar-refractivity contribution < 1.29 is 10.2 Å². The fourth-order valence-corrected chi connectivity index (χ4v) is 1.96. The van der Waals surface area contributed by atoms with Crippen molar-refractivity contribution in [2.45, 2.75) is 50.9 Å². The molecule has 1 rings (SSSR count). The van der Waals surface area contributed by atoms with E-state index in [0.717, 1.165) is 24.0 Å². The van der Waals surface area contributed by atoms with Gasteiger partial charge in [-0.05, 0) is 43.2 Å². The number of nitrogens with two attached hydrogens (primary N) is 1. The molecule has 1 aromatic rings. The molecule has 2 unspecified atom stereocenters. The van der Waals surface area contributed by atoms with Crippen LogP contribution in [-0.4, -0.2) is 22.0 Å². The number of benzene rings is 1. The SMILES string of the molecule is C#CC(O)(CC)CCc1cccc(CCC(N)O)c1. The van der Waals surface area contributed by atoms with E-state index in [1.54, 1.807) is 0 Å². The number of hydrogen-bond donors (Lipinski definition) is 3. The Labute approximate surface area is 115 Å². The summed E-state index contributed by atoms with van der Waals surface area (Å²) in [7, 11) is 0. The first-order valence-corrected chi connectivity index (χ1v) is 6.70.